The van der Waals surface area contributed by atoms with Crippen molar-refractivity contribution in [3.05, 3.63) is 29.6 Å². The lowest BCUT2D eigenvalue weighted by Crippen LogP contribution is -2.26. The van der Waals surface area contributed by atoms with Crippen LogP contribution in [0.2, 0.25) is 0 Å². The summed E-state index contributed by atoms with van der Waals surface area (Å²) in [6.07, 6.45) is 0. The Morgan fingerprint density at radius 1 is 1.35 bits per heavy atom. The molecule has 17 heavy (non-hydrogen) atoms. The first-order valence-corrected chi connectivity index (χ1v) is 5.02. The molecule has 3 N–H and O–H groups in total. The van der Waals surface area contributed by atoms with Crippen LogP contribution < -0.4 is 10.6 Å². The van der Waals surface area contributed by atoms with Crippen molar-refractivity contribution in [2.24, 2.45) is 0 Å². The summed E-state index contributed by atoms with van der Waals surface area (Å²) in [6, 6.07) is 3.82. The first-order valence-electron chi connectivity index (χ1n) is 5.02. The molecule has 1 amide bonds. The molecule has 0 unspecified atom stereocenters. The van der Waals surface area contributed by atoms with Crippen LogP contribution in [0.1, 0.15) is 17.3 Å². The molecular weight excluding hydrogens is 227 g/mol. The molecule has 92 valence electrons. The summed E-state index contributed by atoms with van der Waals surface area (Å²) in [5, 5.41) is 14.0. The van der Waals surface area contributed by atoms with Crippen LogP contribution >= 0.6 is 0 Å². The third-order valence-corrected chi connectivity index (χ3v) is 2.04. The van der Waals surface area contributed by atoms with Crippen molar-refractivity contribution in [3.63, 3.8) is 0 Å². The first-order chi connectivity index (χ1) is 8.02. The highest BCUT2D eigenvalue weighted by Crippen LogP contribution is 2.19. The normalized spacial score (nSPS) is 9.76. The van der Waals surface area contributed by atoms with Gasteiger partial charge in [-0.2, -0.15) is 0 Å². The largest absolute Gasteiger partial charge is 0.478 e. The van der Waals surface area contributed by atoms with E-state index in [9.17, 15) is 14.0 Å². The van der Waals surface area contributed by atoms with Crippen LogP contribution in [0.15, 0.2) is 18.2 Å². The van der Waals surface area contributed by atoms with Crippen molar-refractivity contribution in [1.82, 2.24) is 5.32 Å². The van der Waals surface area contributed by atoms with Gasteiger partial charge in [-0.25, -0.2) is 9.18 Å². The highest BCUT2D eigenvalue weighted by atomic mass is 19.1. The molecule has 0 fully saturated rings. The van der Waals surface area contributed by atoms with Gasteiger partial charge in [0.2, 0.25) is 5.91 Å². The zero-order valence-corrected chi connectivity index (χ0v) is 9.29. The van der Waals surface area contributed by atoms with Crippen LogP contribution in [0.4, 0.5) is 10.1 Å². The fourth-order valence-corrected chi connectivity index (χ4v) is 1.31. The minimum absolute atomic E-state index is 0.0645. The molecule has 1 rings (SSSR count). The van der Waals surface area contributed by atoms with Crippen molar-refractivity contribution in [2.75, 3.05) is 18.4 Å². The molecule has 0 spiro atoms. The molecule has 0 bridgehead atoms. The van der Waals surface area contributed by atoms with Crippen molar-refractivity contribution in [1.29, 1.82) is 0 Å². The summed E-state index contributed by atoms with van der Waals surface area (Å²) in [5.41, 5.74) is -0.196. The number of aromatic carboxylic acids is 1. The lowest BCUT2D eigenvalue weighted by molar-refractivity contribution is -0.118. The topological polar surface area (TPSA) is 78.4 Å². The predicted octanol–water partition coefficient (Wildman–Crippen LogP) is 1.07. The molecule has 6 heteroatoms. The monoisotopic (exact) mass is 240 g/mol. The number of benzene rings is 1. The Morgan fingerprint density at radius 3 is 2.65 bits per heavy atom. The lowest BCUT2D eigenvalue weighted by atomic mass is 10.1. The highest BCUT2D eigenvalue weighted by molar-refractivity contribution is 5.94. The van der Waals surface area contributed by atoms with Crippen LogP contribution in [0.3, 0.4) is 0 Å². The molecule has 0 heterocycles. The molecule has 0 aliphatic rings. The Kier molecular flexibility index (Phi) is 4.45. The van der Waals surface area contributed by atoms with Crippen LogP contribution in [0.25, 0.3) is 0 Å². The average molecular weight is 240 g/mol. The second kappa shape index (κ2) is 5.83. The zero-order valence-electron chi connectivity index (χ0n) is 9.29. The molecule has 0 saturated carbocycles. The summed E-state index contributed by atoms with van der Waals surface area (Å²) in [4.78, 5) is 21.4. The van der Waals surface area contributed by atoms with Gasteiger partial charge in [0.15, 0.2) is 0 Å². The maximum Gasteiger partial charge on any atom is 0.337 e. The summed E-state index contributed by atoms with van der Waals surface area (Å²) < 4.78 is 13.4. The summed E-state index contributed by atoms with van der Waals surface area (Å²) in [6.45, 7) is 1.91. The van der Waals surface area contributed by atoms with Crippen molar-refractivity contribution in [2.45, 2.75) is 6.92 Å². The number of para-hydroxylation sites is 1. The van der Waals surface area contributed by atoms with Gasteiger partial charge in [0.25, 0.3) is 0 Å². The Labute approximate surface area is 97.6 Å². The van der Waals surface area contributed by atoms with Gasteiger partial charge in [0, 0.05) is 20.0 Å². The molecule has 0 saturated heterocycles. The number of anilines is 1. The molecule has 1 aromatic rings. The van der Waals surface area contributed by atoms with Crippen LogP contribution in [-0.2, 0) is 4.79 Å². The number of carboxylic acid groups (broad SMARTS) is 1. The maximum absolute atomic E-state index is 13.4. The number of halogens is 1. The van der Waals surface area contributed by atoms with Gasteiger partial charge >= 0.3 is 5.97 Å². The maximum atomic E-state index is 13.4. The Bertz CT molecular complexity index is 435. The Morgan fingerprint density at radius 2 is 2.06 bits per heavy atom. The number of carbonyl (C=O) groups excluding carboxylic acids is 1. The third-order valence-electron chi connectivity index (χ3n) is 2.04. The minimum atomic E-state index is -1.20. The summed E-state index contributed by atoms with van der Waals surface area (Å²) in [7, 11) is 0. The van der Waals surface area contributed by atoms with E-state index in [4.69, 9.17) is 5.11 Å². The minimum Gasteiger partial charge on any atom is -0.478 e. The van der Waals surface area contributed by atoms with Crippen molar-refractivity contribution in [3.8, 4) is 0 Å². The van der Waals surface area contributed by atoms with Gasteiger partial charge in [-0.15, -0.1) is 0 Å². The predicted molar refractivity (Wildman–Crippen MR) is 60.5 cm³/mol. The number of carbonyl (C=O) groups is 2. The van der Waals surface area contributed by atoms with Gasteiger partial charge in [0.05, 0.1) is 11.3 Å². The number of nitrogens with one attached hydrogen (secondary N) is 2. The van der Waals surface area contributed by atoms with E-state index in [1.807, 2.05) is 0 Å². The number of hydrogen-bond acceptors (Lipinski definition) is 3. The Hall–Kier alpha value is -2.11. The molecule has 0 aliphatic heterocycles. The average Bonchev–Trinajstić information content (AvgIpc) is 2.25. The van der Waals surface area contributed by atoms with Crippen molar-refractivity contribution >= 4 is 17.6 Å². The Balaban J connectivity index is 2.69. The number of amides is 1. The molecular formula is C11H13FN2O3. The number of carboxylic acids is 1. The third kappa shape index (κ3) is 3.75. The SMILES string of the molecule is CC(=O)NCCNc1c(F)cccc1C(=O)O. The first kappa shape index (κ1) is 13.0. The van der Waals surface area contributed by atoms with Crippen LogP contribution in [0, 0.1) is 5.82 Å². The van der Waals surface area contributed by atoms with Gasteiger partial charge in [-0.3, -0.25) is 4.79 Å². The van der Waals surface area contributed by atoms with Crippen LogP contribution in [0.5, 0.6) is 0 Å². The van der Waals surface area contributed by atoms with E-state index in [1.54, 1.807) is 0 Å². The molecule has 0 aromatic heterocycles. The number of hydrogen-bond donors (Lipinski definition) is 3. The van der Waals surface area contributed by atoms with Gasteiger partial charge in [-0.1, -0.05) is 6.07 Å². The fourth-order valence-electron chi connectivity index (χ4n) is 1.31. The van der Waals surface area contributed by atoms with E-state index < -0.39 is 11.8 Å². The van der Waals surface area contributed by atoms with Gasteiger partial charge in [0.1, 0.15) is 5.82 Å². The summed E-state index contributed by atoms with van der Waals surface area (Å²) in [5.74, 6) is -2.03. The zero-order chi connectivity index (χ0) is 12.8. The van der Waals surface area contributed by atoms with Gasteiger partial charge in [-0.05, 0) is 12.1 Å². The van der Waals surface area contributed by atoms with Crippen molar-refractivity contribution < 1.29 is 19.1 Å². The quantitative estimate of drug-likeness (QED) is 0.673. The van der Waals surface area contributed by atoms with E-state index in [0.717, 1.165) is 0 Å². The number of rotatable bonds is 5. The second-order valence-electron chi connectivity index (χ2n) is 3.38. The molecule has 1 aromatic carbocycles. The molecule has 0 atom stereocenters. The molecule has 0 radical (unpaired) electrons. The van der Waals surface area contributed by atoms with E-state index in [-0.39, 0.29) is 23.7 Å². The van der Waals surface area contributed by atoms with E-state index >= 15 is 0 Å². The highest BCUT2D eigenvalue weighted by Gasteiger charge is 2.13. The van der Waals surface area contributed by atoms with Crippen LogP contribution in [-0.4, -0.2) is 30.1 Å². The van der Waals surface area contributed by atoms with E-state index in [2.05, 4.69) is 10.6 Å². The van der Waals surface area contributed by atoms with E-state index in [0.29, 0.717) is 6.54 Å². The second-order valence-corrected chi connectivity index (χ2v) is 3.38. The van der Waals surface area contributed by atoms with E-state index in [1.165, 1.54) is 25.1 Å². The molecule has 5 nitrogen and oxygen atoms in total. The standard InChI is InChI=1S/C11H13FN2O3/c1-7(15)13-5-6-14-10-8(11(16)17)3-2-4-9(10)12/h2-4,14H,5-6H2,1H3,(H,13,15)(H,16,17). The smallest absolute Gasteiger partial charge is 0.337 e. The van der Waals surface area contributed by atoms with Gasteiger partial charge < -0.3 is 15.7 Å². The lowest BCUT2D eigenvalue weighted by Gasteiger charge is -2.10. The fraction of sp³-hybridized carbons (Fsp3) is 0.273. The molecule has 0 aliphatic carbocycles. The summed E-state index contributed by atoms with van der Waals surface area (Å²) >= 11 is 0.